The lowest BCUT2D eigenvalue weighted by atomic mass is 9.75. The summed E-state index contributed by atoms with van der Waals surface area (Å²) in [4.78, 5) is 22.0. The molecule has 3 unspecified atom stereocenters. The summed E-state index contributed by atoms with van der Waals surface area (Å²) in [6.07, 6.45) is -4.38. The van der Waals surface area contributed by atoms with Crippen molar-refractivity contribution < 1.29 is 27.5 Å². The van der Waals surface area contributed by atoms with E-state index >= 15 is 0 Å². The van der Waals surface area contributed by atoms with Crippen molar-refractivity contribution >= 4 is 12.0 Å². The van der Waals surface area contributed by atoms with Gasteiger partial charge in [-0.15, -0.1) is 0 Å². The zero-order valence-corrected chi connectivity index (χ0v) is 11.8. The first-order valence-corrected chi connectivity index (χ1v) is 6.70. The number of ether oxygens (including phenoxy) is 1. The molecule has 1 rings (SSSR count). The molecule has 116 valence electrons. The van der Waals surface area contributed by atoms with Gasteiger partial charge in [0.2, 0.25) is 0 Å². The van der Waals surface area contributed by atoms with Crippen LogP contribution in [-0.4, -0.2) is 24.3 Å². The van der Waals surface area contributed by atoms with Crippen molar-refractivity contribution in [3.8, 4) is 0 Å². The van der Waals surface area contributed by atoms with E-state index < -0.39 is 24.3 Å². The van der Waals surface area contributed by atoms with Crippen LogP contribution in [0.25, 0.3) is 0 Å². The fourth-order valence-electron chi connectivity index (χ4n) is 2.58. The average molecular weight is 295 g/mol. The summed E-state index contributed by atoms with van der Waals surface area (Å²) in [6.45, 7) is 5.97. The lowest BCUT2D eigenvalue weighted by Gasteiger charge is -2.36. The molecular weight excluding hydrogens is 275 g/mol. The summed E-state index contributed by atoms with van der Waals surface area (Å²) >= 11 is 0. The number of carbonyl (C=O) groups is 2. The van der Waals surface area contributed by atoms with Crippen LogP contribution in [0.4, 0.5) is 18.0 Å². The van der Waals surface area contributed by atoms with Crippen LogP contribution in [0.3, 0.4) is 0 Å². The molecule has 1 aliphatic rings. The molecule has 1 saturated carbocycles. The van der Waals surface area contributed by atoms with Crippen molar-refractivity contribution in [3.63, 3.8) is 0 Å². The maximum atomic E-state index is 12.0. The summed E-state index contributed by atoms with van der Waals surface area (Å²) in [6, 6.07) is 0. The standard InChI is InChI=1S/C13H20F3NO3/c1-7(2)9-5-4-8(3)6-10(9)20-12(19)17-11(18)13(14,15)16/h7-10H,4-6H2,1-3H3,(H,17,18,19). The van der Waals surface area contributed by atoms with E-state index in [0.29, 0.717) is 12.3 Å². The lowest BCUT2D eigenvalue weighted by molar-refractivity contribution is -0.173. The molecule has 0 radical (unpaired) electrons. The zero-order valence-electron chi connectivity index (χ0n) is 11.8. The second kappa shape index (κ2) is 6.45. The number of alkyl carbamates (subject to hydrolysis) is 1. The smallest absolute Gasteiger partial charge is 0.446 e. The van der Waals surface area contributed by atoms with Gasteiger partial charge in [-0.1, -0.05) is 27.2 Å². The van der Waals surface area contributed by atoms with E-state index in [1.54, 1.807) is 0 Å². The molecule has 0 aromatic heterocycles. The molecule has 0 spiro atoms. The van der Waals surface area contributed by atoms with Gasteiger partial charge in [0.1, 0.15) is 6.10 Å². The number of amides is 2. The Bertz CT molecular complexity index is 368. The number of rotatable bonds is 2. The topological polar surface area (TPSA) is 55.4 Å². The maximum Gasteiger partial charge on any atom is 0.471 e. The number of alkyl halides is 3. The molecule has 7 heteroatoms. The molecule has 1 N–H and O–H groups in total. The van der Waals surface area contributed by atoms with Gasteiger partial charge in [0, 0.05) is 0 Å². The van der Waals surface area contributed by atoms with Crippen molar-refractivity contribution in [1.29, 1.82) is 0 Å². The van der Waals surface area contributed by atoms with Gasteiger partial charge in [-0.05, 0) is 30.6 Å². The zero-order chi connectivity index (χ0) is 15.5. The Kier molecular flexibility index (Phi) is 5.42. The molecule has 2 amide bonds. The highest BCUT2D eigenvalue weighted by molar-refractivity contribution is 5.94. The number of carbonyl (C=O) groups excluding carboxylic acids is 2. The Labute approximate surface area is 116 Å². The van der Waals surface area contributed by atoms with Gasteiger partial charge in [0.15, 0.2) is 0 Å². The first kappa shape index (κ1) is 16.8. The highest BCUT2D eigenvalue weighted by Gasteiger charge is 2.41. The van der Waals surface area contributed by atoms with Crippen LogP contribution in [-0.2, 0) is 9.53 Å². The minimum atomic E-state index is -5.09. The largest absolute Gasteiger partial charge is 0.471 e. The van der Waals surface area contributed by atoms with Crippen molar-refractivity contribution in [1.82, 2.24) is 5.32 Å². The van der Waals surface area contributed by atoms with Crippen molar-refractivity contribution in [2.75, 3.05) is 0 Å². The number of nitrogens with one attached hydrogen (secondary N) is 1. The van der Waals surface area contributed by atoms with Gasteiger partial charge in [0.25, 0.3) is 0 Å². The molecular formula is C13H20F3NO3. The number of hydrogen-bond donors (Lipinski definition) is 1. The fraction of sp³-hybridized carbons (Fsp3) is 0.846. The Morgan fingerprint density at radius 2 is 1.85 bits per heavy atom. The van der Waals surface area contributed by atoms with Gasteiger partial charge in [-0.2, -0.15) is 13.2 Å². The van der Waals surface area contributed by atoms with Crippen LogP contribution >= 0.6 is 0 Å². The summed E-state index contributed by atoms with van der Waals surface area (Å²) in [5, 5.41) is 1.22. The maximum absolute atomic E-state index is 12.0. The summed E-state index contributed by atoms with van der Waals surface area (Å²) < 4.78 is 41.1. The molecule has 20 heavy (non-hydrogen) atoms. The van der Waals surface area contributed by atoms with Gasteiger partial charge < -0.3 is 4.74 Å². The van der Waals surface area contributed by atoms with E-state index in [9.17, 15) is 22.8 Å². The van der Waals surface area contributed by atoms with E-state index in [-0.39, 0.29) is 11.8 Å². The van der Waals surface area contributed by atoms with Crippen LogP contribution < -0.4 is 5.32 Å². The van der Waals surface area contributed by atoms with Crippen LogP contribution in [0.5, 0.6) is 0 Å². The molecule has 0 aromatic carbocycles. The molecule has 1 fully saturated rings. The number of halogens is 3. The summed E-state index contributed by atoms with van der Waals surface area (Å²) in [5.74, 6) is -1.58. The van der Waals surface area contributed by atoms with Gasteiger partial charge >= 0.3 is 18.2 Å². The van der Waals surface area contributed by atoms with Crippen molar-refractivity contribution in [2.45, 2.75) is 52.3 Å². The third kappa shape index (κ3) is 4.68. The first-order chi connectivity index (χ1) is 9.11. The van der Waals surface area contributed by atoms with Gasteiger partial charge in [0.05, 0.1) is 0 Å². The van der Waals surface area contributed by atoms with Crippen LogP contribution in [0.2, 0.25) is 0 Å². The molecule has 1 aliphatic carbocycles. The van der Waals surface area contributed by atoms with E-state index in [0.717, 1.165) is 12.8 Å². The van der Waals surface area contributed by atoms with Gasteiger partial charge in [-0.25, -0.2) is 4.79 Å². The lowest BCUT2D eigenvalue weighted by Crippen LogP contribution is -2.44. The quantitative estimate of drug-likeness (QED) is 0.850. The number of imide groups is 1. The SMILES string of the molecule is CC1CCC(C(C)C)C(OC(=O)NC(=O)C(F)(F)F)C1. The summed E-state index contributed by atoms with van der Waals surface area (Å²) in [7, 11) is 0. The van der Waals surface area contributed by atoms with Crippen molar-refractivity contribution in [2.24, 2.45) is 17.8 Å². The molecule has 0 heterocycles. The third-order valence-corrected chi connectivity index (χ3v) is 3.69. The highest BCUT2D eigenvalue weighted by Crippen LogP contribution is 2.35. The van der Waals surface area contributed by atoms with Crippen LogP contribution in [0.15, 0.2) is 0 Å². The number of hydrogen-bond acceptors (Lipinski definition) is 3. The normalized spacial score (nSPS) is 27.2. The minimum Gasteiger partial charge on any atom is -0.446 e. The molecule has 0 saturated heterocycles. The van der Waals surface area contributed by atoms with E-state index in [1.165, 1.54) is 5.32 Å². The van der Waals surface area contributed by atoms with Crippen molar-refractivity contribution in [3.05, 3.63) is 0 Å². The Hall–Kier alpha value is -1.27. The van der Waals surface area contributed by atoms with E-state index in [1.807, 2.05) is 20.8 Å². The molecule has 0 aliphatic heterocycles. The van der Waals surface area contributed by atoms with E-state index in [4.69, 9.17) is 4.74 Å². The monoisotopic (exact) mass is 295 g/mol. The Morgan fingerprint density at radius 1 is 1.25 bits per heavy atom. The molecule has 0 aromatic rings. The Morgan fingerprint density at radius 3 is 2.35 bits per heavy atom. The molecule has 4 nitrogen and oxygen atoms in total. The highest BCUT2D eigenvalue weighted by atomic mass is 19.4. The average Bonchev–Trinajstić information content (AvgIpc) is 2.26. The third-order valence-electron chi connectivity index (χ3n) is 3.69. The van der Waals surface area contributed by atoms with Gasteiger partial charge in [-0.3, -0.25) is 10.1 Å². The Balaban J connectivity index is 2.60. The predicted octanol–water partition coefficient (Wildman–Crippen LogP) is 3.26. The minimum absolute atomic E-state index is 0.109. The fourth-order valence-corrected chi connectivity index (χ4v) is 2.58. The van der Waals surface area contributed by atoms with Crippen LogP contribution in [0, 0.1) is 17.8 Å². The summed E-state index contributed by atoms with van der Waals surface area (Å²) in [5.41, 5.74) is 0. The predicted molar refractivity (Wildman–Crippen MR) is 65.8 cm³/mol. The molecule has 0 bridgehead atoms. The van der Waals surface area contributed by atoms with E-state index in [2.05, 4.69) is 0 Å². The molecule has 3 atom stereocenters. The second-order valence-electron chi connectivity index (χ2n) is 5.72. The van der Waals surface area contributed by atoms with Crippen LogP contribution in [0.1, 0.15) is 40.0 Å². The first-order valence-electron chi connectivity index (χ1n) is 6.70. The second-order valence-corrected chi connectivity index (χ2v) is 5.72.